The molecule has 0 aliphatic rings. The Labute approximate surface area is 142 Å². The Hall–Kier alpha value is -1.97. The van der Waals surface area contributed by atoms with Crippen molar-refractivity contribution in [2.24, 2.45) is 0 Å². The van der Waals surface area contributed by atoms with Gasteiger partial charge < -0.3 is 0 Å². The molecule has 22 heavy (non-hydrogen) atoms. The molecule has 0 radical (unpaired) electrons. The Morgan fingerprint density at radius 3 is 2.18 bits per heavy atom. The molecule has 3 rings (SSSR count). The molecule has 1 nitrogen and oxygen atoms in total. The third-order valence-corrected chi connectivity index (χ3v) is 4.86. The molecule has 0 aliphatic carbocycles. The second kappa shape index (κ2) is 6.86. The number of rotatable bonds is 4. The number of hydrogen-bond donors (Lipinski definition) is 0. The average Bonchev–Trinajstić information content (AvgIpc) is 2.99. The van der Waals surface area contributed by atoms with Gasteiger partial charge in [-0.05, 0) is 51.3 Å². The predicted octanol–water partition coefficient (Wildman–Crippen LogP) is 6.07. The molecule has 0 unspecified atom stereocenters. The zero-order valence-electron chi connectivity index (χ0n) is 11.7. The van der Waals surface area contributed by atoms with E-state index >= 15 is 0 Å². The van der Waals surface area contributed by atoms with Crippen LogP contribution in [0.4, 0.5) is 0 Å². The lowest BCUT2D eigenvalue weighted by Crippen LogP contribution is -1.93. The maximum absolute atomic E-state index is 12.2. The van der Waals surface area contributed by atoms with Gasteiger partial charge in [0.25, 0.3) is 0 Å². The minimum Gasteiger partial charge on any atom is -0.289 e. The van der Waals surface area contributed by atoms with Gasteiger partial charge in [-0.3, -0.25) is 4.79 Å². The van der Waals surface area contributed by atoms with Crippen LogP contribution in [0.2, 0.25) is 0 Å². The molecular formula is C19H13BrOS. The Kier molecular flexibility index (Phi) is 4.66. The van der Waals surface area contributed by atoms with Gasteiger partial charge in [0.2, 0.25) is 0 Å². The summed E-state index contributed by atoms with van der Waals surface area (Å²) in [5, 5.41) is 0. The van der Waals surface area contributed by atoms with Crippen molar-refractivity contribution < 1.29 is 4.79 Å². The molecule has 0 amide bonds. The van der Waals surface area contributed by atoms with E-state index in [0.717, 1.165) is 19.8 Å². The van der Waals surface area contributed by atoms with Crippen LogP contribution in [0.15, 0.2) is 76.6 Å². The molecule has 0 saturated heterocycles. The normalized spacial score (nSPS) is 11.0. The summed E-state index contributed by atoms with van der Waals surface area (Å²) in [6, 6.07) is 21.8. The molecule has 108 valence electrons. The molecule has 0 bridgehead atoms. The largest absolute Gasteiger partial charge is 0.289 e. The molecule has 2 aromatic carbocycles. The molecule has 0 N–H and O–H groups in total. The van der Waals surface area contributed by atoms with Crippen molar-refractivity contribution in [3.05, 3.63) is 87.0 Å². The second-order valence-corrected chi connectivity index (χ2v) is 7.28. The second-order valence-electron chi connectivity index (χ2n) is 4.78. The van der Waals surface area contributed by atoms with Crippen LogP contribution >= 0.6 is 27.3 Å². The van der Waals surface area contributed by atoms with Gasteiger partial charge in [0.15, 0.2) is 5.78 Å². The fourth-order valence-electron chi connectivity index (χ4n) is 2.13. The summed E-state index contributed by atoms with van der Waals surface area (Å²) in [6.45, 7) is 0. The highest BCUT2D eigenvalue weighted by molar-refractivity contribution is 9.11. The summed E-state index contributed by atoms with van der Waals surface area (Å²) in [5.41, 5.74) is 2.97. The highest BCUT2D eigenvalue weighted by Gasteiger charge is 2.03. The first kappa shape index (κ1) is 14.9. The summed E-state index contributed by atoms with van der Waals surface area (Å²) < 4.78 is 1.06. The molecule has 1 heterocycles. The lowest BCUT2D eigenvalue weighted by atomic mass is 10.0. The number of benzene rings is 2. The Morgan fingerprint density at radius 1 is 0.864 bits per heavy atom. The fourth-order valence-corrected chi connectivity index (χ4v) is 3.46. The molecule has 0 fully saturated rings. The highest BCUT2D eigenvalue weighted by Crippen LogP contribution is 2.23. The van der Waals surface area contributed by atoms with Crippen molar-refractivity contribution in [3.63, 3.8) is 0 Å². The van der Waals surface area contributed by atoms with Gasteiger partial charge in [0.1, 0.15) is 0 Å². The van der Waals surface area contributed by atoms with E-state index in [1.165, 1.54) is 0 Å². The standard InChI is InChI=1S/C19H13BrOS/c20-19-13-11-17(22-19)10-12-18(21)16-8-6-15(7-9-16)14-4-2-1-3-5-14/h1-13H. The maximum Gasteiger partial charge on any atom is 0.185 e. The van der Waals surface area contributed by atoms with Gasteiger partial charge >= 0.3 is 0 Å². The van der Waals surface area contributed by atoms with Crippen LogP contribution in [0.1, 0.15) is 15.2 Å². The monoisotopic (exact) mass is 368 g/mol. The van der Waals surface area contributed by atoms with E-state index in [0.29, 0.717) is 5.56 Å². The van der Waals surface area contributed by atoms with Crippen molar-refractivity contribution in [2.45, 2.75) is 0 Å². The molecular weight excluding hydrogens is 356 g/mol. The number of thiophene rings is 1. The minimum absolute atomic E-state index is 0.0177. The van der Waals surface area contributed by atoms with E-state index in [1.807, 2.05) is 60.7 Å². The summed E-state index contributed by atoms with van der Waals surface area (Å²) in [6.07, 6.45) is 3.47. The van der Waals surface area contributed by atoms with Gasteiger partial charge in [0.05, 0.1) is 3.79 Å². The number of hydrogen-bond acceptors (Lipinski definition) is 2. The van der Waals surface area contributed by atoms with E-state index < -0.39 is 0 Å². The Balaban J connectivity index is 1.75. The molecule has 1 aromatic heterocycles. The summed E-state index contributed by atoms with van der Waals surface area (Å²) in [7, 11) is 0. The molecule has 3 heteroatoms. The number of carbonyl (C=O) groups excluding carboxylic acids is 1. The van der Waals surface area contributed by atoms with Gasteiger partial charge in [-0.25, -0.2) is 0 Å². The van der Waals surface area contributed by atoms with Crippen LogP contribution < -0.4 is 0 Å². The molecule has 3 aromatic rings. The van der Waals surface area contributed by atoms with E-state index in [2.05, 4.69) is 28.1 Å². The Morgan fingerprint density at radius 2 is 1.55 bits per heavy atom. The zero-order chi connectivity index (χ0) is 15.4. The number of halogens is 1. The van der Waals surface area contributed by atoms with Crippen molar-refractivity contribution in [3.8, 4) is 11.1 Å². The first-order chi connectivity index (χ1) is 10.7. The Bertz CT molecular complexity index is 801. The molecule has 0 spiro atoms. The van der Waals surface area contributed by atoms with Crippen LogP contribution in [0.25, 0.3) is 17.2 Å². The first-order valence-electron chi connectivity index (χ1n) is 6.85. The molecule has 0 aliphatic heterocycles. The van der Waals surface area contributed by atoms with E-state index in [-0.39, 0.29) is 5.78 Å². The summed E-state index contributed by atoms with van der Waals surface area (Å²) >= 11 is 5.02. The van der Waals surface area contributed by atoms with Crippen LogP contribution in [0.3, 0.4) is 0 Å². The third-order valence-electron chi connectivity index (χ3n) is 3.27. The lowest BCUT2D eigenvalue weighted by Gasteiger charge is -2.02. The minimum atomic E-state index is 0.0177. The van der Waals surface area contributed by atoms with E-state index in [4.69, 9.17) is 0 Å². The molecule has 0 saturated carbocycles. The predicted molar refractivity (Wildman–Crippen MR) is 97.3 cm³/mol. The van der Waals surface area contributed by atoms with Crippen molar-refractivity contribution >= 4 is 39.1 Å². The van der Waals surface area contributed by atoms with E-state index in [9.17, 15) is 4.79 Å². The van der Waals surface area contributed by atoms with Crippen molar-refractivity contribution in [1.82, 2.24) is 0 Å². The lowest BCUT2D eigenvalue weighted by molar-refractivity contribution is 0.104. The zero-order valence-corrected chi connectivity index (χ0v) is 14.1. The average molecular weight is 369 g/mol. The first-order valence-corrected chi connectivity index (χ1v) is 8.46. The molecule has 0 atom stereocenters. The van der Waals surface area contributed by atoms with Gasteiger partial charge in [-0.2, -0.15) is 0 Å². The number of allylic oxidation sites excluding steroid dienone is 1. The maximum atomic E-state index is 12.2. The quantitative estimate of drug-likeness (QED) is 0.403. The summed E-state index contributed by atoms with van der Waals surface area (Å²) in [5.74, 6) is 0.0177. The number of ketones is 1. The van der Waals surface area contributed by atoms with Crippen LogP contribution in [0, 0.1) is 0 Å². The van der Waals surface area contributed by atoms with Gasteiger partial charge in [-0.1, -0.05) is 54.6 Å². The van der Waals surface area contributed by atoms with Gasteiger partial charge in [0, 0.05) is 10.4 Å². The summed E-state index contributed by atoms with van der Waals surface area (Å²) in [4.78, 5) is 13.2. The van der Waals surface area contributed by atoms with Crippen molar-refractivity contribution in [2.75, 3.05) is 0 Å². The topological polar surface area (TPSA) is 17.1 Å². The smallest absolute Gasteiger partial charge is 0.185 e. The third kappa shape index (κ3) is 3.62. The van der Waals surface area contributed by atoms with Crippen LogP contribution in [-0.2, 0) is 0 Å². The fraction of sp³-hybridized carbons (Fsp3) is 0. The van der Waals surface area contributed by atoms with Gasteiger partial charge in [-0.15, -0.1) is 11.3 Å². The van der Waals surface area contributed by atoms with Crippen molar-refractivity contribution in [1.29, 1.82) is 0 Å². The van der Waals surface area contributed by atoms with Crippen LogP contribution in [-0.4, -0.2) is 5.78 Å². The van der Waals surface area contributed by atoms with Crippen LogP contribution in [0.5, 0.6) is 0 Å². The van der Waals surface area contributed by atoms with E-state index in [1.54, 1.807) is 17.4 Å². The SMILES string of the molecule is O=C(C=Cc1ccc(Br)s1)c1ccc(-c2ccccc2)cc1. The highest BCUT2D eigenvalue weighted by atomic mass is 79.9. The number of carbonyl (C=O) groups is 1.